The summed E-state index contributed by atoms with van der Waals surface area (Å²) in [5, 5.41) is 6.43. The highest BCUT2D eigenvalue weighted by Crippen LogP contribution is 2.46. The van der Waals surface area contributed by atoms with Crippen molar-refractivity contribution in [2.45, 2.75) is 32.0 Å². The first-order valence-corrected chi connectivity index (χ1v) is 11.2. The molecule has 2 aliphatic heterocycles. The van der Waals surface area contributed by atoms with E-state index >= 15 is 0 Å². The molecule has 34 heavy (non-hydrogen) atoms. The van der Waals surface area contributed by atoms with E-state index in [9.17, 15) is 14.4 Å². The van der Waals surface area contributed by atoms with Crippen molar-refractivity contribution < 1.29 is 19.1 Å². The van der Waals surface area contributed by atoms with Gasteiger partial charge in [-0.2, -0.15) is 0 Å². The molecule has 3 aromatic rings. The Kier molecular flexibility index (Phi) is 5.29. The first kappa shape index (κ1) is 22.0. The molecule has 2 aliphatic rings. The van der Waals surface area contributed by atoms with E-state index in [0.717, 1.165) is 5.56 Å². The lowest BCUT2D eigenvalue weighted by Gasteiger charge is -2.50. The molecule has 7 nitrogen and oxygen atoms in total. The summed E-state index contributed by atoms with van der Waals surface area (Å²) in [5.41, 5.74) is 1.97. The van der Waals surface area contributed by atoms with Crippen molar-refractivity contribution in [3.8, 4) is 5.75 Å². The second kappa shape index (κ2) is 8.18. The van der Waals surface area contributed by atoms with Crippen LogP contribution < -0.4 is 20.3 Å². The smallest absolute Gasteiger partial charge is 0.325 e. The summed E-state index contributed by atoms with van der Waals surface area (Å²) in [6.45, 7) is 3.35. The maximum atomic E-state index is 13.1. The van der Waals surface area contributed by atoms with E-state index in [4.69, 9.17) is 16.3 Å². The number of ether oxygens (including phenoxy) is 1. The minimum absolute atomic E-state index is 0.0447. The van der Waals surface area contributed by atoms with Gasteiger partial charge in [0.15, 0.2) is 11.5 Å². The topological polar surface area (TPSA) is 87.7 Å². The summed E-state index contributed by atoms with van der Waals surface area (Å²) in [6, 6.07) is 18.3. The summed E-state index contributed by atoms with van der Waals surface area (Å²) in [5.74, 6) is 0.287. The first-order chi connectivity index (χ1) is 16.2. The molecule has 2 heterocycles. The molecule has 5 rings (SSSR count). The SMILES string of the molecule is CC(=O)c1ccc(NC(=O)c2cccc(N3C(=O)NC4CC3(C)Oc3ccc(Cl)cc34)c2)cc1. The number of anilines is 2. The molecule has 3 aromatic carbocycles. The Labute approximate surface area is 201 Å². The lowest BCUT2D eigenvalue weighted by molar-refractivity contribution is 0.0378. The minimum Gasteiger partial charge on any atom is -0.467 e. The molecule has 2 unspecified atom stereocenters. The summed E-state index contributed by atoms with van der Waals surface area (Å²) in [6.07, 6.45) is 0.519. The molecule has 0 aliphatic carbocycles. The summed E-state index contributed by atoms with van der Waals surface area (Å²) >= 11 is 6.14. The van der Waals surface area contributed by atoms with Gasteiger partial charge in [0.2, 0.25) is 0 Å². The van der Waals surface area contributed by atoms with Gasteiger partial charge in [-0.1, -0.05) is 17.7 Å². The van der Waals surface area contributed by atoms with Gasteiger partial charge in [0.05, 0.1) is 11.7 Å². The second-order valence-corrected chi connectivity index (χ2v) is 9.08. The van der Waals surface area contributed by atoms with Crippen molar-refractivity contribution >= 4 is 40.7 Å². The molecule has 3 amide bonds. The zero-order chi connectivity index (χ0) is 24.0. The number of nitrogens with one attached hydrogen (secondary N) is 2. The van der Waals surface area contributed by atoms with Gasteiger partial charge < -0.3 is 15.4 Å². The Morgan fingerprint density at radius 1 is 1.09 bits per heavy atom. The van der Waals surface area contributed by atoms with Crippen LogP contribution in [0.2, 0.25) is 5.02 Å². The van der Waals surface area contributed by atoms with Gasteiger partial charge in [-0.25, -0.2) is 4.79 Å². The van der Waals surface area contributed by atoms with Crippen LogP contribution in [0.1, 0.15) is 52.6 Å². The van der Waals surface area contributed by atoms with E-state index in [0.29, 0.717) is 39.7 Å². The third-order valence-electron chi connectivity index (χ3n) is 6.15. The van der Waals surface area contributed by atoms with E-state index < -0.39 is 5.72 Å². The summed E-state index contributed by atoms with van der Waals surface area (Å²) < 4.78 is 6.29. The van der Waals surface area contributed by atoms with Gasteiger partial charge in [-0.3, -0.25) is 14.5 Å². The molecule has 0 radical (unpaired) electrons. The Bertz CT molecular complexity index is 1320. The number of halogens is 1. The van der Waals surface area contributed by atoms with Gasteiger partial charge in [0.25, 0.3) is 5.91 Å². The van der Waals surface area contributed by atoms with Crippen molar-refractivity contribution in [2.24, 2.45) is 0 Å². The number of benzene rings is 3. The predicted molar refractivity (Wildman–Crippen MR) is 130 cm³/mol. The minimum atomic E-state index is -0.939. The largest absolute Gasteiger partial charge is 0.467 e. The van der Waals surface area contributed by atoms with Gasteiger partial charge in [-0.15, -0.1) is 0 Å². The van der Waals surface area contributed by atoms with Crippen LogP contribution in [0.25, 0.3) is 0 Å². The number of ketones is 1. The van der Waals surface area contributed by atoms with Crippen LogP contribution in [-0.2, 0) is 0 Å². The number of urea groups is 1. The first-order valence-electron chi connectivity index (χ1n) is 10.9. The standard InChI is InChI=1S/C26H22ClN3O4/c1-15(31)16-6-9-19(10-7-16)28-24(32)17-4-3-5-20(12-17)30-25(33)29-22-14-26(30,2)34-23-11-8-18(27)13-21(22)23/h3-13,22H,14H2,1-2H3,(H,28,32)(H,29,33). The molecule has 1 saturated heterocycles. The van der Waals surface area contributed by atoms with Crippen molar-refractivity contribution in [1.29, 1.82) is 0 Å². The zero-order valence-electron chi connectivity index (χ0n) is 18.6. The number of carbonyl (C=O) groups is 3. The maximum Gasteiger partial charge on any atom is 0.325 e. The maximum absolute atomic E-state index is 13.1. The third kappa shape index (κ3) is 3.88. The molecule has 1 fully saturated rings. The Morgan fingerprint density at radius 3 is 2.59 bits per heavy atom. The quantitative estimate of drug-likeness (QED) is 0.483. The van der Waals surface area contributed by atoms with Crippen molar-refractivity contribution in [1.82, 2.24) is 5.32 Å². The fourth-order valence-corrected chi connectivity index (χ4v) is 4.69. The lowest BCUT2D eigenvalue weighted by atomic mass is 9.90. The van der Waals surface area contributed by atoms with Crippen LogP contribution in [0, 0.1) is 0 Å². The van der Waals surface area contributed by atoms with Gasteiger partial charge >= 0.3 is 6.03 Å². The number of fused-ring (bicyclic) bond motifs is 4. The monoisotopic (exact) mass is 475 g/mol. The predicted octanol–water partition coefficient (Wildman–Crippen LogP) is 5.56. The molecule has 172 valence electrons. The molecule has 2 N–H and O–H groups in total. The lowest BCUT2D eigenvalue weighted by Crippen LogP contribution is -2.65. The van der Waals surface area contributed by atoms with Crippen LogP contribution in [0.3, 0.4) is 0 Å². The second-order valence-electron chi connectivity index (χ2n) is 8.64. The highest BCUT2D eigenvalue weighted by atomic mass is 35.5. The van der Waals surface area contributed by atoms with Crippen LogP contribution in [0.5, 0.6) is 5.75 Å². The number of rotatable bonds is 4. The van der Waals surface area contributed by atoms with E-state index in [1.807, 2.05) is 13.0 Å². The number of amides is 3. The van der Waals surface area contributed by atoms with Gasteiger partial charge in [-0.05, 0) is 74.5 Å². The van der Waals surface area contributed by atoms with E-state index in [1.165, 1.54) is 6.92 Å². The number of carbonyl (C=O) groups excluding carboxylic acids is 3. The molecule has 2 bridgehead atoms. The van der Waals surface area contributed by atoms with Crippen molar-refractivity contribution in [2.75, 3.05) is 10.2 Å². The molecule has 0 aromatic heterocycles. The molecule has 2 atom stereocenters. The van der Waals surface area contributed by atoms with E-state index in [1.54, 1.807) is 65.6 Å². The number of hydrogen-bond donors (Lipinski definition) is 2. The molecular formula is C26H22ClN3O4. The van der Waals surface area contributed by atoms with Crippen LogP contribution in [0.15, 0.2) is 66.7 Å². The average molecular weight is 476 g/mol. The number of nitrogens with zero attached hydrogens (tertiary/aromatic N) is 1. The average Bonchev–Trinajstić information content (AvgIpc) is 2.79. The van der Waals surface area contributed by atoms with E-state index in [2.05, 4.69) is 10.6 Å². The number of hydrogen-bond acceptors (Lipinski definition) is 4. The van der Waals surface area contributed by atoms with Crippen LogP contribution in [0.4, 0.5) is 16.2 Å². The Morgan fingerprint density at radius 2 is 1.85 bits per heavy atom. The van der Waals surface area contributed by atoms with Crippen molar-refractivity contribution in [3.05, 3.63) is 88.4 Å². The fourth-order valence-electron chi connectivity index (χ4n) is 4.51. The zero-order valence-corrected chi connectivity index (χ0v) is 19.3. The Balaban J connectivity index is 1.41. The third-order valence-corrected chi connectivity index (χ3v) is 6.38. The molecular weight excluding hydrogens is 454 g/mol. The highest BCUT2D eigenvalue weighted by Gasteiger charge is 2.50. The van der Waals surface area contributed by atoms with Crippen LogP contribution >= 0.6 is 11.6 Å². The molecule has 8 heteroatoms. The van der Waals surface area contributed by atoms with Gasteiger partial charge in [0.1, 0.15) is 5.75 Å². The fraction of sp³-hybridized carbons (Fsp3) is 0.192. The Hall–Kier alpha value is -3.84. The highest BCUT2D eigenvalue weighted by molar-refractivity contribution is 6.30. The van der Waals surface area contributed by atoms with Crippen LogP contribution in [-0.4, -0.2) is 23.4 Å². The normalized spacial score (nSPS) is 20.6. The molecule has 0 saturated carbocycles. The van der Waals surface area contributed by atoms with Gasteiger partial charge in [0, 0.05) is 33.8 Å². The summed E-state index contributed by atoms with van der Waals surface area (Å²) in [4.78, 5) is 39.0. The number of Topliss-reactive ketones (excluding diaryl/α,β-unsaturated/α-hetero) is 1. The molecule has 0 spiro atoms. The summed E-state index contributed by atoms with van der Waals surface area (Å²) in [7, 11) is 0. The van der Waals surface area contributed by atoms with E-state index in [-0.39, 0.29) is 23.8 Å². The van der Waals surface area contributed by atoms with Crippen molar-refractivity contribution in [3.63, 3.8) is 0 Å².